The molecular formula is C24H26N2O5. The smallest absolute Gasteiger partial charge is 0.326 e. The number of rotatable bonds is 6. The van der Waals surface area contributed by atoms with E-state index < -0.39 is 41.9 Å². The number of esters is 1. The molecule has 1 aliphatic rings. The highest BCUT2D eigenvalue weighted by molar-refractivity contribution is 6.22. The summed E-state index contributed by atoms with van der Waals surface area (Å²) < 4.78 is 5.39. The Bertz CT molecular complexity index is 975. The predicted molar refractivity (Wildman–Crippen MR) is 114 cm³/mol. The lowest BCUT2D eigenvalue weighted by Crippen LogP contribution is -2.46. The van der Waals surface area contributed by atoms with E-state index in [9.17, 15) is 19.2 Å². The van der Waals surface area contributed by atoms with Gasteiger partial charge in [0, 0.05) is 0 Å². The number of amides is 3. The van der Waals surface area contributed by atoms with E-state index in [1.165, 1.54) is 4.90 Å². The molecule has 0 spiro atoms. The molecule has 0 fully saturated rings. The van der Waals surface area contributed by atoms with Crippen LogP contribution in [0.3, 0.4) is 0 Å². The molecule has 3 amide bonds. The van der Waals surface area contributed by atoms with Gasteiger partial charge >= 0.3 is 5.97 Å². The zero-order valence-electron chi connectivity index (χ0n) is 18.1. The molecule has 2 aromatic rings. The number of hydrogen-bond donors (Lipinski definition) is 0. The molecule has 7 heteroatoms. The fourth-order valence-electron chi connectivity index (χ4n) is 3.47. The second kappa shape index (κ2) is 8.71. The third-order valence-electron chi connectivity index (χ3n) is 4.96. The number of ether oxygens (including phenoxy) is 1. The molecule has 0 bridgehead atoms. The summed E-state index contributed by atoms with van der Waals surface area (Å²) in [6.07, 6.45) is 0. The van der Waals surface area contributed by atoms with E-state index >= 15 is 0 Å². The van der Waals surface area contributed by atoms with Gasteiger partial charge in [0.25, 0.3) is 11.8 Å². The van der Waals surface area contributed by atoms with Gasteiger partial charge in [-0.1, -0.05) is 42.5 Å². The maximum Gasteiger partial charge on any atom is 0.326 e. The summed E-state index contributed by atoms with van der Waals surface area (Å²) in [5.74, 6) is -2.11. The fraction of sp³-hybridized carbons (Fsp3) is 0.333. The third-order valence-corrected chi connectivity index (χ3v) is 4.96. The Labute approximate surface area is 181 Å². The van der Waals surface area contributed by atoms with Crippen molar-refractivity contribution in [2.45, 2.75) is 39.3 Å². The lowest BCUT2D eigenvalue weighted by Gasteiger charge is -2.31. The number of carbonyl (C=O) groups excluding carboxylic acids is 4. The number of nitrogens with zero attached hydrogens (tertiary/aromatic N) is 2. The van der Waals surface area contributed by atoms with Crippen molar-refractivity contribution in [2.75, 3.05) is 13.1 Å². The first-order valence-electron chi connectivity index (χ1n) is 10.1. The van der Waals surface area contributed by atoms with Gasteiger partial charge in [0.2, 0.25) is 5.91 Å². The number of benzene rings is 2. The first-order chi connectivity index (χ1) is 14.6. The van der Waals surface area contributed by atoms with E-state index in [0.717, 1.165) is 10.5 Å². The Hall–Kier alpha value is -3.48. The maximum absolute atomic E-state index is 13.2. The summed E-state index contributed by atoms with van der Waals surface area (Å²) >= 11 is 0. The highest BCUT2D eigenvalue weighted by atomic mass is 16.6. The molecule has 31 heavy (non-hydrogen) atoms. The van der Waals surface area contributed by atoms with E-state index in [4.69, 9.17) is 4.74 Å². The normalized spacial score (nSPS) is 14.3. The summed E-state index contributed by atoms with van der Waals surface area (Å²) in [5, 5.41) is 0. The van der Waals surface area contributed by atoms with Gasteiger partial charge in [0.1, 0.15) is 18.7 Å². The Morgan fingerprint density at radius 1 is 0.935 bits per heavy atom. The second-order valence-corrected chi connectivity index (χ2v) is 8.44. The minimum Gasteiger partial charge on any atom is -0.459 e. The quantitative estimate of drug-likeness (QED) is 0.527. The van der Waals surface area contributed by atoms with Crippen LogP contribution in [0.4, 0.5) is 0 Å². The van der Waals surface area contributed by atoms with E-state index in [0.29, 0.717) is 0 Å². The average molecular weight is 422 g/mol. The number of hydrogen-bond acceptors (Lipinski definition) is 5. The van der Waals surface area contributed by atoms with Crippen molar-refractivity contribution in [1.82, 2.24) is 9.80 Å². The maximum atomic E-state index is 13.2. The van der Waals surface area contributed by atoms with Gasteiger partial charge in [0.05, 0.1) is 17.2 Å². The summed E-state index contributed by atoms with van der Waals surface area (Å²) in [5.41, 5.74) is 0.664. The summed E-state index contributed by atoms with van der Waals surface area (Å²) in [6.45, 7) is 6.28. The first-order valence-corrected chi connectivity index (χ1v) is 10.1. The summed E-state index contributed by atoms with van der Waals surface area (Å²) in [6, 6.07) is 15.2. The molecule has 0 saturated heterocycles. The van der Waals surface area contributed by atoms with Gasteiger partial charge in [-0.2, -0.15) is 0 Å². The molecule has 1 aliphatic heterocycles. The van der Waals surface area contributed by atoms with E-state index in [2.05, 4.69) is 0 Å². The lowest BCUT2D eigenvalue weighted by atomic mass is 10.1. The minimum atomic E-state index is -0.704. The predicted octanol–water partition coefficient (Wildman–Crippen LogP) is 3.21. The molecule has 0 aromatic heterocycles. The number of carbonyl (C=O) groups is 4. The SMILES string of the molecule is CC(c1ccccc1)N(CC(=O)OC(C)(C)C)C(=O)CN1C(=O)c2ccccc2C1=O. The van der Waals surface area contributed by atoms with Gasteiger partial charge < -0.3 is 9.64 Å². The monoisotopic (exact) mass is 422 g/mol. The molecule has 0 aliphatic carbocycles. The first kappa shape index (κ1) is 22.2. The van der Waals surface area contributed by atoms with E-state index in [1.54, 1.807) is 52.0 Å². The second-order valence-electron chi connectivity index (χ2n) is 8.44. The lowest BCUT2D eigenvalue weighted by molar-refractivity contribution is -0.160. The largest absolute Gasteiger partial charge is 0.459 e. The molecule has 0 saturated carbocycles. The molecule has 7 nitrogen and oxygen atoms in total. The van der Waals surface area contributed by atoms with Crippen molar-refractivity contribution >= 4 is 23.7 Å². The van der Waals surface area contributed by atoms with Crippen LogP contribution in [-0.4, -0.2) is 52.2 Å². The van der Waals surface area contributed by atoms with Crippen molar-refractivity contribution in [3.05, 3.63) is 71.3 Å². The fourth-order valence-corrected chi connectivity index (χ4v) is 3.47. The summed E-state index contributed by atoms with van der Waals surface area (Å²) in [7, 11) is 0. The zero-order valence-corrected chi connectivity index (χ0v) is 18.1. The standard InChI is InChI=1S/C24H26N2O5/c1-16(17-10-6-5-7-11-17)25(15-21(28)31-24(2,3)4)20(27)14-26-22(29)18-12-8-9-13-19(18)23(26)30/h5-13,16H,14-15H2,1-4H3. The van der Waals surface area contributed by atoms with Crippen LogP contribution in [0, 0.1) is 0 Å². The van der Waals surface area contributed by atoms with Crippen molar-refractivity contribution < 1.29 is 23.9 Å². The molecular weight excluding hydrogens is 396 g/mol. The molecule has 1 atom stereocenters. The van der Waals surface area contributed by atoms with Crippen LogP contribution in [0.1, 0.15) is 60.0 Å². The van der Waals surface area contributed by atoms with Crippen molar-refractivity contribution in [2.24, 2.45) is 0 Å². The van der Waals surface area contributed by atoms with E-state index in [1.807, 2.05) is 30.3 Å². The van der Waals surface area contributed by atoms with Crippen molar-refractivity contribution in [3.8, 4) is 0 Å². The van der Waals surface area contributed by atoms with Gasteiger partial charge in [0.15, 0.2) is 0 Å². The van der Waals surface area contributed by atoms with Gasteiger partial charge in [-0.05, 0) is 45.4 Å². The Balaban J connectivity index is 1.83. The average Bonchev–Trinajstić information content (AvgIpc) is 2.96. The van der Waals surface area contributed by atoms with Crippen LogP contribution in [0.2, 0.25) is 0 Å². The zero-order chi connectivity index (χ0) is 22.8. The molecule has 0 N–H and O–H groups in total. The molecule has 162 valence electrons. The Kier molecular flexibility index (Phi) is 6.24. The van der Waals surface area contributed by atoms with Gasteiger partial charge in [-0.3, -0.25) is 24.1 Å². The number of imide groups is 1. The number of fused-ring (bicyclic) bond motifs is 1. The topological polar surface area (TPSA) is 84.0 Å². The molecule has 1 heterocycles. The van der Waals surface area contributed by atoms with Crippen molar-refractivity contribution in [1.29, 1.82) is 0 Å². The van der Waals surface area contributed by atoms with Gasteiger partial charge in [-0.25, -0.2) is 0 Å². The van der Waals surface area contributed by atoms with Crippen molar-refractivity contribution in [3.63, 3.8) is 0 Å². The van der Waals surface area contributed by atoms with E-state index in [-0.39, 0.29) is 17.7 Å². The molecule has 2 aromatic carbocycles. The van der Waals surface area contributed by atoms with Crippen LogP contribution in [0.25, 0.3) is 0 Å². The van der Waals surface area contributed by atoms with Crippen LogP contribution in [0.15, 0.2) is 54.6 Å². The molecule has 0 radical (unpaired) electrons. The Morgan fingerprint density at radius 2 is 1.45 bits per heavy atom. The van der Waals surface area contributed by atoms with Crippen LogP contribution in [-0.2, 0) is 14.3 Å². The van der Waals surface area contributed by atoms with Crippen LogP contribution >= 0.6 is 0 Å². The third kappa shape index (κ3) is 4.99. The van der Waals surface area contributed by atoms with Gasteiger partial charge in [-0.15, -0.1) is 0 Å². The minimum absolute atomic E-state index is 0.273. The molecule has 1 unspecified atom stereocenters. The summed E-state index contributed by atoms with van der Waals surface area (Å²) in [4.78, 5) is 53.3. The highest BCUT2D eigenvalue weighted by Gasteiger charge is 2.38. The Morgan fingerprint density at radius 3 is 1.97 bits per heavy atom. The van der Waals surface area contributed by atoms with Crippen LogP contribution in [0.5, 0.6) is 0 Å². The van der Waals surface area contributed by atoms with Crippen LogP contribution < -0.4 is 0 Å². The molecule has 3 rings (SSSR count). The highest BCUT2D eigenvalue weighted by Crippen LogP contribution is 2.25.